The summed E-state index contributed by atoms with van der Waals surface area (Å²) in [5.74, 6) is -1.29. The topological polar surface area (TPSA) is 96.0 Å². The monoisotopic (exact) mass is 623 g/mol. The molecule has 0 bridgehead atoms. The predicted molar refractivity (Wildman–Crippen MR) is 164 cm³/mol. The molecular weight excluding hydrogens is 593 g/mol. The lowest BCUT2D eigenvalue weighted by atomic mass is 10.0. The van der Waals surface area contributed by atoms with Gasteiger partial charge in [0.05, 0.1) is 17.7 Å². The molecule has 4 aromatic carbocycles. The summed E-state index contributed by atoms with van der Waals surface area (Å²) in [5, 5.41) is 2.97. The van der Waals surface area contributed by atoms with Crippen LogP contribution in [-0.4, -0.2) is 51.9 Å². The van der Waals surface area contributed by atoms with E-state index in [4.69, 9.17) is 16.3 Å². The highest BCUT2D eigenvalue weighted by Crippen LogP contribution is 2.27. The van der Waals surface area contributed by atoms with Gasteiger partial charge in [-0.05, 0) is 60.2 Å². The van der Waals surface area contributed by atoms with E-state index in [0.717, 1.165) is 9.87 Å². The van der Waals surface area contributed by atoms with Crippen LogP contribution in [0.5, 0.6) is 5.75 Å². The third-order valence-corrected chi connectivity index (χ3v) is 8.90. The van der Waals surface area contributed by atoms with Crippen LogP contribution in [0.4, 0.5) is 10.1 Å². The molecule has 0 aliphatic rings. The van der Waals surface area contributed by atoms with E-state index in [1.165, 1.54) is 85.8 Å². The Hall–Kier alpha value is -4.41. The summed E-state index contributed by atoms with van der Waals surface area (Å²) >= 11 is 6.07. The average molecular weight is 624 g/mol. The number of rotatable bonds is 12. The summed E-state index contributed by atoms with van der Waals surface area (Å²) in [4.78, 5) is 28.6. The molecular formula is C32H31ClFN3O5S. The molecule has 0 aliphatic heterocycles. The van der Waals surface area contributed by atoms with Gasteiger partial charge in [0.25, 0.3) is 10.0 Å². The zero-order chi connectivity index (χ0) is 31.0. The second-order valence-electron chi connectivity index (χ2n) is 9.60. The van der Waals surface area contributed by atoms with Crippen molar-refractivity contribution >= 4 is 39.1 Å². The van der Waals surface area contributed by atoms with E-state index in [2.05, 4.69) is 5.32 Å². The summed E-state index contributed by atoms with van der Waals surface area (Å²) in [7, 11) is -1.39. The minimum Gasteiger partial charge on any atom is -0.497 e. The molecule has 0 heterocycles. The number of sulfonamides is 1. The maximum absolute atomic E-state index is 14.9. The number of hydrogen-bond acceptors (Lipinski definition) is 5. The number of halogens is 2. The minimum atomic E-state index is -4.30. The van der Waals surface area contributed by atoms with Gasteiger partial charge in [-0.3, -0.25) is 13.9 Å². The first-order chi connectivity index (χ1) is 20.6. The smallest absolute Gasteiger partial charge is 0.264 e. The number of anilines is 1. The zero-order valence-corrected chi connectivity index (χ0v) is 25.2. The molecule has 43 heavy (non-hydrogen) atoms. The molecule has 224 valence electrons. The first-order valence-electron chi connectivity index (χ1n) is 13.3. The van der Waals surface area contributed by atoms with E-state index in [1.54, 1.807) is 6.07 Å². The van der Waals surface area contributed by atoms with E-state index < -0.39 is 40.2 Å². The Labute approximate surface area is 255 Å². The number of ether oxygens (including phenoxy) is 1. The van der Waals surface area contributed by atoms with Crippen LogP contribution in [-0.2, 0) is 32.6 Å². The van der Waals surface area contributed by atoms with Gasteiger partial charge in [-0.1, -0.05) is 60.1 Å². The van der Waals surface area contributed by atoms with Crippen molar-refractivity contribution in [2.24, 2.45) is 0 Å². The van der Waals surface area contributed by atoms with E-state index in [1.807, 2.05) is 30.3 Å². The second kappa shape index (κ2) is 14.2. The van der Waals surface area contributed by atoms with Crippen LogP contribution in [0.2, 0.25) is 5.02 Å². The van der Waals surface area contributed by atoms with Crippen LogP contribution in [0, 0.1) is 5.82 Å². The maximum Gasteiger partial charge on any atom is 0.264 e. The van der Waals surface area contributed by atoms with Crippen molar-refractivity contribution in [1.29, 1.82) is 0 Å². The van der Waals surface area contributed by atoms with Gasteiger partial charge < -0.3 is 15.0 Å². The summed E-state index contributed by atoms with van der Waals surface area (Å²) in [6, 6.07) is 25.7. The molecule has 0 saturated carbocycles. The maximum atomic E-state index is 14.9. The van der Waals surface area contributed by atoms with Crippen LogP contribution < -0.4 is 14.4 Å². The molecule has 4 aromatic rings. The highest BCUT2D eigenvalue weighted by Gasteiger charge is 2.34. The molecule has 0 radical (unpaired) electrons. The third-order valence-electron chi connectivity index (χ3n) is 6.86. The van der Waals surface area contributed by atoms with Crippen molar-refractivity contribution in [2.75, 3.05) is 25.0 Å². The van der Waals surface area contributed by atoms with Gasteiger partial charge in [-0.15, -0.1) is 0 Å². The van der Waals surface area contributed by atoms with Gasteiger partial charge in [0.15, 0.2) is 0 Å². The van der Waals surface area contributed by atoms with Crippen molar-refractivity contribution in [1.82, 2.24) is 10.2 Å². The van der Waals surface area contributed by atoms with Crippen molar-refractivity contribution in [3.8, 4) is 5.75 Å². The van der Waals surface area contributed by atoms with Crippen LogP contribution in [0.1, 0.15) is 11.1 Å². The van der Waals surface area contributed by atoms with Crippen molar-refractivity contribution < 1.29 is 27.1 Å². The molecule has 2 amide bonds. The summed E-state index contributed by atoms with van der Waals surface area (Å²) < 4.78 is 48.9. The fraction of sp³-hybridized carbons (Fsp3) is 0.188. The molecule has 0 spiro atoms. The SMILES string of the molecule is CNC(=O)[C@@H](Cc1ccccc1)N(Cc1ccccc1F)C(=O)CN(c1ccc(Cl)cc1)S(=O)(=O)c1ccc(OC)cc1. The fourth-order valence-corrected chi connectivity index (χ4v) is 6.08. The molecule has 1 atom stereocenters. The standard InChI is InChI=1S/C32H31ClFN3O5S/c1-35-32(39)30(20-23-8-4-3-5-9-23)36(21-24-10-6-7-11-29(24)34)31(38)22-37(26-14-12-25(33)13-15-26)43(40,41)28-18-16-27(42-2)17-19-28/h3-19,30H,20-22H2,1-2H3,(H,35,39)/t30-/m1/s1. The van der Waals surface area contributed by atoms with Gasteiger partial charge in [0, 0.05) is 30.6 Å². The minimum absolute atomic E-state index is 0.0798. The Morgan fingerprint density at radius 3 is 2.14 bits per heavy atom. The number of methoxy groups -OCH3 is 1. The van der Waals surface area contributed by atoms with E-state index in [9.17, 15) is 22.4 Å². The summed E-state index contributed by atoms with van der Waals surface area (Å²) in [6.07, 6.45) is 0.118. The number of carbonyl (C=O) groups is 2. The van der Waals surface area contributed by atoms with Crippen molar-refractivity contribution in [2.45, 2.75) is 23.9 Å². The Bertz CT molecular complexity index is 1650. The highest BCUT2D eigenvalue weighted by atomic mass is 35.5. The van der Waals surface area contributed by atoms with E-state index >= 15 is 0 Å². The third kappa shape index (κ3) is 7.71. The van der Waals surface area contributed by atoms with Crippen LogP contribution in [0.3, 0.4) is 0 Å². The largest absolute Gasteiger partial charge is 0.497 e. The number of hydrogen-bond donors (Lipinski definition) is 1. The predicted octanol–water partition coefficient (Wildman–Crippen LogP) is 5.07. The van der Waals surface area contributed by atoms with E-state index in [0.29, 0.717) is 10.8 Å². The quantitative estimate of drug-likeness (QED) is 0.238. The van der Waals surface area contributed by atoms with Crippen LogP contribution in [0.25, 0.3) is 0 Å². The molecule has 0 fully saturated rings. The van der Waals surface area contributed by atoms with Gasteiger partial charge in [0.2, 0.25) is 11.8 Å². The number of carbonyl (C=O) groups excluding carboxylic acids is 2. The number of likely N-dealkylation sites (N-methyl/N-ethyl adjacent to an activating group) is 1. The zero-order valence-electron chi connectivity index (χ0n) is 23.6. The number of benzene rings is 4. The molecule has 0 unspecified atom stereocenters. The van der Waals surface area contributed by atoms with Crippen molar-refractivity contribution in [3.05, 3.63) is 125 Å². The molecule has 4 rings (SSSR count). The molecule has 0 aromatic heterocycles. The van der Waals surface area contributed by atoms with Gasteiger partial charge in [-0.2, -0.15) is 0 Å². The molecule has 0 saturated heterocycles. The average Bonchev–Trinajstić information content (AvgIpc) is 3.02. The highest BCUT2D eigenvalue weighted by molar-refractivity contribution is 7.92. The molecule has 8 nitrogen and oxygen atoms in total. The second-order valence-corrected chi connectivity index (χ2v) is 11.9. The Balaban J connectivity index is 1.79. The van der Waals surface area contributed by atoms with Gasteiger partial charge in [0.1, 0.15) is 24.2 Å². The number of amides is 2. The van der Waals surface area contributed by atoms with Crippen molar-refractivity contribution in [3.63, 3.8) is 0 Å². The van der Waals surface area contributed by atoms with Gasteiger partial charge >= 0.3 is 0 Å². The molecule has 0 aliphatic carbocycles. The normalized spacial score (nSPS) is 11.8. The Morgan fingerprint density at radius 1 is 0.907 bits per heavy atom. The first-order valence-corrected chi connectivity index (χ1v) is 15.2. The lowest BCUT2D eigenvalue weighted by Gasteiger charge is -2.33. The van der Waals surface area contributed by atoms with Gasteiger partial charge in [-0.25, -0.2) is 12.8 Å². The lowest BCUT2D eigenvalue weighted by molar-refractivity contribution is -0.139. The Kier molecular flexibility index (Phi) is 10.4. The van der Waals surface area contributed by atoms with E-state index in [-0.39, 0.29) is 29.1 Å². The fourth-order valence-electron chi connectivity index (χ4n) is 4.54. The first kappa shape index (κ1) is 31.5. The molecule has 11 heteroatoms. The molecule has 1 N–H and O–H groups in total. The van der Waals surface area contributed by atoms with Crippen LogP contribution in [0.15, 0.2) is 108 Å². The lowest BCUT2D eigenvalue weighted by Crippen LogP contribution is -2.53. The number of nitrogens with zero attached hydrogens (tertiary/aromatic N) is 2. The number of nitrogens with one attached hydrogen (secondary N) is 1. The summed E-state index contributed by atoms with van der Waals surface area (Å²) in [6.45, 7) is -0.944. The summed E-state index contributed by atoms with van der Waals surface area (Å²) in [5.41, 5.74) is 1.12. The van der Waals surface area contributed by atoms with Crippen LogP contribution >= 0.6 is 11.6 Å². The Morgan fingerprint density at radius 2 is 1.53 bits per heavy atom.